The highest BCUT2D eigenvalue weighted by molar-refractivity contribution is 5.69. The Hall–Kier alpha value is -1.58. The van der Waals surface area contributed by atoms with Crippen molar-refractivity contribution in [3.05, 3.63) is 24.4 Å². The molecule has 1 heterocycles. The van der Waals surface area contributed by atoms with Crippen LogP contribution < -0.4 is 5.32 Å². The van der Waals surface area contributed by atoms with Gasteiger partial charge in [-0.05, 0) is 18.6 Å². The van der Waals surface area contributed by atoms with E-state index in [9.17, 15) is 4.79 Å². The molecule has 4 nitrogen and oxygen atoms in total. The van der Waals surface area contributed by atoms with Gasteiger partial charge in [0.15, 0.2) is 0 Å². The zero-order valence-corrected chi connectivity index (χ0v) is 8.19. The number of methoxy groups -OCH3 is 1. The molecule has 0 saturated carbocycles. The van der Waals surface area contributed by atoms with Crippen LogP contribution in [0, 0.1) is 0 Å². The maximum absolute atomic E-state index is 10.8. The summed E-state index contributed by atoms with van der Waals surface area (Å²) in [6.45, 7) is 0.728. The maximum atomic E-state index is 10.8. The summed E-state index contributed by atoms with van der Waals surface area (Å²) in [7, 11) is 1.40. The molecule has 0 aromatic carbocycles. The second-order valence-corrected chi connectivity index (χ2v) is 2.82. The van der Waals surface area contributed by atoms with Crippen LogP contribution in [-0.2, 0) is 9.53 Å². The first-order chi connectivity index (χ1) is 6.83. The van der Waals surface area contributed by atoms with E-state index in [1.165, 1.54) is 7.11 Å². The van der Waals surface area contributed by atoms with Crippen molar-refractivity contribution in [2.24, 2.45) is 0 Å². The van der Waals surface area contributed by atoms with Gasteiger partial charge in [0.1, 0.15) is 5.82 Å². The van der Waals surface area contributed by atoms with Gasteiger partial charge in [-0.1, -0.05) is 6.07 Å². The van der Waals surface area contributed by atoms with Gasteiger partial charge in [0, 0.05) is 19.2 Å². The third-order valence-electron chi connectivity index (χ3n) is 1.76. The summed E-state index contributed by atoms with van der Waals surface area (Å²) in [4.78, 5) is 14.8. The summed E-state index contributed by atoms with van der Waals surface area (Å²) >= 11 is 0. The number of hydrogen-bond acceptors (Lipinski definition) is 4. The first-order valence-electron chi connectivity index (χ1n) is 4.54. The van der Waals surface area contributed by atoms with Gasteiger partial charge < -0.3 is 10.1 Å². The number of ether oxygens (including phenoxy) is 1. The molecule has 0 aliphatic heterocycles. The minimum absolute atomic E-state index is 0.173. The molecular weight excluding hydrogens is 180 g/mol. The Bertz CT molecular complexity index is 275. The molecule has 1 N–H and O–H groups in total. The SMILES string of the molecule is COC(=O)CCCNc1ccccn1. The topological polar surface area (TPSA) is 51.2 Å². The minimum atomic E-state index is -0.173. The van der Waals surface area contributed by atoms with Crippen LogP contribution in [0.2, 0.25) is 0 Å². The van der Waals surface area contributed by atoms with E-state index in [1.54, 1.807) is 6.20 Å². The van der Waals surface area contributed by atoms with Crippen LogP contribution in [0.4, 0.5) is 5.82 Å². The van der Waals surface area contributed by atoms with Gasteiger partial charge in [-0.25, -0.2) is 4.98 Å². The van der Waals surface area contributed by atoms with Crippen molar-refractivity contribution >= 4 is 11.8 Å². The van der Waals surface area contributed by atoms with Crippen LogP contribution in [0.15, 0.2) is 24.4 Å². The lowest BCUT2D eigenvalue weighted by Gasteiger charge is -2.03. The molecule has 0 spiro atoms. The zero-order chi connectivity index (χ0) is 10.2. The lowest BCUT2D eigenvalue weighted by molar-refractivity contribution is -0.140. The van der Waals surface area contributed by atoms with Crippen molar-refractivity contribution in [1.29, 1.82) is 0 Å². The van der Waals surface area contributed by atoms with E-state index in [0.29, 0.717) is 6.42 Å². The Morgan fingerprint density at radius 1 is 1.57 bits per heavy atom. The third-order valence-corrected chi connectivity index (χ3v) is 1.76. The molecule has 0 bridgehead atoms. The molecule has 0 amide bonds. The maximum Gasteiger partial charge on any atom is 0.305 e. The summed E-state index contributed by atoms with van der Waals surface area (Å²) in [6.07, 6.45) is 2.92. The smallest absolute Gasteiger partial charge is 0.305 e. The number of carbonyl (C=O) groups is 1. The number of pyridine rings is 1. The van der Waals surface area contributed by atoms with Crippen molar-refractivity contribution in [3.8, 4) is 0 Å². The molecule has 0 saturated heterocycles. The number of anilines is 1. The Kier molecular flexibility index (Phi) is 4.47. The van der Waals surface area contributed by atoms with Crippen LogP contribution in [0.1, 0.15) is 12.8 Å². The average Bonchev–Trinajstić information content (AvgIpc) is 2.25. The summed E-state index contributed by atoms with van der Waals surface area (Å²) in [5, 5.41) is 3.11. The van der Waals surface area contributed by atoms with Gasteiger partial charge in [0.25, 0.3) is 0 Å². The van der Waals surface area contributed by atoms with E-state index in [-0.39, 0.29) is 5.97 Å². The van der Waals surface area contributed by atoms with Crippen molar-refractivity contribution < 1.29 is 9.53 Å². The average molecular weight is 194 g/mol. The van der Waals surface area contributed by atoms with Gasteiger partial charge >= 0.3 is 5.97 Å². The van der Waals surface area contributed by atoms with E-state index in [4.69, 9.17) is 0 Å². The lowest BCUT2D eigenvalue weighted by atomic mass is 10.3. The van der Waals surface area contributed by atoms with Crippen molar-refractivity contribution in [3.63, 3.8) is 0 Å². The number of hydrogen-bond donors (Lipinski definition) is 1. The molecule has 76 valence electrons. The minimum Gasteiger partial charge on any atom is -0.469 e. The van der Waals surface area contributed by atoms with Gasteiger partial charge in [0.05, 0.1) is 7.11 Å². The highest BCUT2D eigenvalue weighted by atomic mass is 16.5. The number of nitrogens with one attached hydrogen (secondary N) is 1. The Labute approximate surface area is 83.3 Å². The number of nitrogens with zero attached hydrogens (tertiary/aromatic N) is 1. The van der Waals surface area contributed by atoms with E-state index < -0.39 is 0 Å². The van der Waals surface area contributed by atoms with Crippen LogP contribution in [0.3, 0.4) is 0 Å². The fourth-order valence-corrected chi connectivity index (χ4v) is 1.02. The Balaban J connectivity index is 2.13. The highest BCUT2D eigenvalue weighted by Crippen LogP contribution is 2.00. The number of aromatic nitrogens is 1. The van der Waals surface area contributed by atoms with Crippen LogP contribution >= 0.6 is 0 Å². The zero-order valence-electron chi connectivity index (χ0n) is 8.19. The fraction of sp³-hybridized carbons (Fsp3) is 0.400. The van der Waals surface area contributed by atoms with Crippen molar-refractivity contribution in [1.82, 2.24) is 4.98 Å². The number of rotatable bonds is 5. The second kappa shape index (κ2) is 5.96. The molecular formula is C10H14N2O2. The first kappa shape index (κ1) is 10.5. The molecule has 0 atom stereocenters. The summed E-state index contributed by atoms with van der Waals surface area (Å²) < 4.78 is 4.52. The van der Waals surface area contributed by atoms with E-state index in [0.717, 1.165) is 18.8 Å². The van der Waals surface area contributed by atoms with Gasteiger partial charge in [-0.15, -0.1) is 0 Å². The molecule has 0 radical (unpaired) electrons. The van der Waals surface area contributed by atoms with E-state index in [1.807, 2.05) is 18.2 Å². The molecule has 1 aromatic heterocycles. The van der Waals surface area contributed by atoms with Crippen molar-refractivity contribution in [2.75, 3.05) is 19.0 Å². The van der Waals surface area contributed by atoms with Crippen LogP contribution in [0.25, 0.3) is 0 Å². The summed E-state index contributed by atoms with van der Waals surface area (Å²) in [5.74, 6) is 0.658. The molecule has 0 aliphatic rings. The quantitative estimate of drug-likeness (QED) is 0.569. The molecule has 1 aromatic rings. The Morgan fingerprint density at radius 3 is 3.07 bits per heavy atom. The van der Waals surface area contributed by atoms with Gasteiger partial charge in [0.2, 0.25) is 0 Å². The van der Waals surface area contributed by atoms with Gasteiger partial charge in [-0.2, -0.15) is 0 Å². The predicted octanol–water partition coefficient (Wildman–Crippen LogP) is 1.45. The molecule has 1 rings (SSSR count). The fourth-order valence-electron chi connectivity index (χ4n) is 1.02. The van der Waals surface area contributed by atoms with E-state index in [2.05, 4.69) is 15.0 Å². The molecule has 14 heavy (non-hydrogen) atoms. The first-order valence-corrected chi connectivity index (χ1v) is 4.54. The number of carbonyl (C=O) groups excluding carboxylic acids is 1. The van der Waals surface area contributed by atoms with Gasteiger partial charge in [-0.3, -0.25) is 4.79 Å². The predicted molar refractivity (Wildman–Crippen MR) is 54.0 cm³/mol. The normalized spacial score (nSPS) is 9.50. The van der Waals surface area contributed by atoms with Crippen LogP contribution in [0.5, 0.6) is 0 Å². The summed E-state index contributed by atoms with van der Waals surface area (Å²) in [6, 6.07) is 5.66. The molecule has 0 aliphatic carbocycles. The number of esters is 1. The third kappa shape index (κ3) is 3.89. The standard InChI is InChI=1S/C10H14N2O2/c1-14-10(13)6-4-8-12-9-5-2-3-7-11-9/h2-3,5,7H,4,6,8H2,1H3,(H,11,12). The van der Waals surface area contributed by atoms with Crippen molar-refractivity contribution in [2.45, 2.75) is 12.8 Å². The monoisotopic (exact) mass is 194 g/mol. The lowest BCUT2D eigenvalue weighted by Crippen LogP contribution is -2.07. The second-order valence-electron chi connectivity index (χ2n) is 2.82. The molecule has 4 heteroatoms. The van der Waals surface area contributed by atoms with E-state index >= 15 is 0 Å². The van der Waals surface area contributed by atoms with Crippen LogP contribution in [-0.4, -0.2) is 24.6 Å². The highest BCUT2D eigenvalue weighted by Gasteiger charge is 1.98. The summed E-state index contributed by atoms with van der Waals surface area (Å²) in [5.41, 5.74) is 0. The Morgan fingerprint density at radius 2 is 2.43 bits per heavy atom. The molecule has 0 unspecified atom stereocenters. The molecule has 0 fully saturated rings. The largest absolute Gasteiger partial charge is 0.469 e.